The standard InChI is InChI=1S/C19H32F3N5O/c1-5-27(6-2)11-7-8-15(3)26-18(23-4)25-13-16-9-10-17(24-12-16)28-14-19(20,21)22/h9-10,12,15H,5-8,11,13-14H2,1-4H3,(H2,23,25,26). The summed E-state index contributed by atoms with van der Waals surface area (Å²) in [5.41, 5.74) is 0.816. The maximum Gasteiger partial charge on any atom is 0.422 e. The molecule has 0 aliphatic rings. The fraction of sp³-hybridized carbons (Fsp3) is 0.684. The van der Waals surface area contributed by atoms with E-state index < -0.39 is 12.8 Å². The van der Waals surface area contributed by atoms with Crippen molar-refractivity contribution in [1.82, 2.24) is 20.5 Å². The van der Waals surface area contributed by atoms with Crippen LogP contribution in [-0.2, 0) is 6.54 Å². The number of aliphatic imine (C=N–C) groups is 1. The Labute approximate surface area is 165 Å². The molecule has 1 unspecified atom stereocenters. The topological polar surface area (TPSA) is 61.8 Å². The molecule has 0 saturated carbocycles. The molecule has 0 aliphatic carbocycles. The summed E-state index contributed by atoms with van der Waals surface area (Å²) >= 11 is 0. The Kier molecular flexibility index (Phi) is 10.7. The van der Waals surface area contributed by atoms with E-state index in [0.29, 0.717) is 12.5 Å². The van der Waals surface area contributed by atoms with Crippen LogP contribution in [-0.4, -0.2) is 61.4 Å². The molecular weight excluding hydrogens is 371 g/mol. The van der Waals surface area contributed by atoms with E-state index in [2.05, 4.69) is 51.0 Å². The highest BCUT2D eigenvalue weighted by Crippen LogP contribution is 2.17. The van der Waals surface area contributed by atoms with E-state index in [9.17, 15) is 13.2 Å². The van der Waals surface area contributed by atoms with Gasteiger partial charge in [-0.3, -0.25) is 4.99 Å². The van der Waals surface area contributed by atoms with Crippen LogP contribution in [0.2, 0.25) is 0 Å². The van der Waals surface area contributed by atoms with Crippen molar-refractivity contribution in [3.63, 3.8) is 0 Å². The summed E-state index contributed by atoms with van der Waals surface area (Å²) in [6.45, 7) is 8.77. The van der Waals surface area contributed by atoms with Gasteiger partial charge in [0.05, 0.1) is 0 Å². The number of nitrogens with zero attached hydrogens (tertiary/aromatic N) is 3. The van der Waals surface area contributed by atoms with Crippen molar-refractivity contribution in [2.75, 3.05) is 33.3 Å². The number of rotatable bonds is 11. The Bertz CT molecular complexity index is 574. The highest BCUT2D eigenvalue weighted by atomic mass is 19.4. The highest BCUT2D eigenvalue weighted by molar-refractivity contribution is 5.79. The van der Waals surface area contributed by atoms with E-state index in [4.69, 9.17) is 0 Å². The Morgan fingerprint density at radius 3 is 2.54 bits per heavy atom. The quantitative estimate of drug-likeness (QED) is 0.439. The Morgan fingerprint density at radius 2 is 2.00 bits per heavy atom. The molecule has 0 amide bonds. The lowest BCUT2D eigenvalue weighted by Gasteiger charge is -2.21. The van der Waals surface area contributed by atoms with Gasteiger partial charge in [0.25, 0.3) is 0 Å². The molecule has 1 aromatic heterocycles. The Morgan fingerprint density at radius 1 is 1.29 bits per heavy atom. The lowest BCUT2D eigenvalue weighted by atomic mass is 10.2. The summed E-state index contributed by atoms with van der Waals surface area (Å²) in [5.74, 6) is 0.623. The third-order valence-electron chi connectivity index (χ3n) is 4.25. The zero-order valence-corrected chi connectivity index (χ0v) is 17.1. The number of alkyl halides is 3. The van der Waals surface area contributed by atoms with Gasteiger partial charge in [-0.25, -0.2) is 4.98 Å². The van der Waals surface area contributed by atoms with Crippen LogP contribution in [0.15, 0.2) is 23.3 Å². The van der Waals surface area contributed by atoms with Gasteiger partial charge in [0.15, 0.2) is 12.6 Å². The van der Waals surface area contributed by atoms with Crippen LogP contribution in [0.1, 0.15) is 39.2 Å². The number of hydrogen-bond acceptors (Lipinski definition) is 4. The summed E-state index contributed by atoms with van der Waals surface area (Å²) in [4.78, 5) is 10.5. The fourth-order valence-electron chi connectivity index (χ4n) is 2.60. The van der Waals surface area contributed by atoms with Crippen LogP contribution in [0.5, 0.6) is 5.88 Å². The molecule has 28 heavy (non-hydrogen) atoms. The lowest BCUT2D eigenvalue weighted by Crippen LogP contribution is -2.42. The molecule has 6 nitrogen and oxygen atoms in total. The minimum atomic E-state index is -4.37. The van der Waals surface area contributed by atoms with E-state index in [1.165, 1.54) is 12.3 Å². The largest absolute Gasteiger partial charge is 0.468 e. The highest BCUT2D eigenvalue weighted by Gasteiger charge is 2.28. The number of nitrogens with one attached hydrogen (secondary N) is 2. The van der Waals surface area contributed by atoms with Crippen LogP contribution in [0.4, 0.5) is 13.2 Å². The molecule has 1 atom stereocenters. The van der Waals surface area contributed by atoms with E-state index >= 15 is 0 Å². The van der Waals surface area contributed by atoms with Gasteiger partial charge in [0.1, 0.15) is 0 Å². The lowest BCUT2D eigenvalue weighted by molar-refractivity contribution is -0.154. The smallest absolute Gasteiger partial charge is 0.422 e. The van der Waals surface area contributed by atoms with E-state index in [-0.39, 0.29) is 11.9 Å². The van der Waals surface area contributed by atoms with Crippen LogP contribution in [0, 0.1) is 0 Å². The first kappa shape index (κ1) is 24.0. The number of ether oxygens (including phenoxy) is 1. The van der Waals surface area contributed by atoms with Crippen molar-refractivity contribution >= 4 is 5.96 Å². The molecule has 0 bridgehead atoms. The van der Waals surface area contributed by atoms with Gasteiger partial charge in [-0.1, -0.05) is 19.9 Å². The fourth-order valence-corrected chi connectivity index (χ4v) is 2.60. The normalized spacial score (nSPS) is 13.5. The summed E-state index contributed by atoms with van der Waals surface area (Å²) in [5, 5.41) is 6.53. The number of hydrogen-bond donors (Lipinski definition) is 2. The molecule has 1 heterocycles. The molecule has 0 spiro atoms. The first-order valence-electron chi connectivity index (χ1n) is 9.61. The van der Waals surface area contributed by atoms with Crippen molar-refractivity contribution in [1.29, 1.82) is 0 Å². The second-order valence-electron chi connectivity index (χ2n) is 6.55. The maximum absolute atomic E-state index is 12.1. The van der Waals surface area contributed by atoms with Crippen molar-refractivity contribution in [3.05, 3.63) is 23.9 Å². The van der Waals surface area contributed by atoms with Gasteiger partial charge in [0.2, 0.25) is 5.88 Å². The molecule has 0 saturated heterocycles. The van der Waals surface area contributed by atoms with E-state index in [1.807, 2.05) is 0 Å². The van der Waals surface area contributed by atoms with Crippen molar-refractivity contribution in [2.24, 2.45) is 4.99 Å². The van der Waals surface area contributed by atoms with Crippen molar-refractivity contribution in [3.8, 4) is 5.88 Å². The first-order valence-corrected chi connectivity index (χ1v) is 9.61. The number of pyridine rings is 1. The molecule has 160 valence electrons. The van der Waals surface area contributed by atoms with Gasteiger partial charge >= 0.3 is 6.18 Å². The molecular formula is C19H32F3N5O. The molecule has 0 radical (unpaired) electrons. The Hall–Kier alpha value is -2.03. The summed E-state index contributed by atoms with van der Waals surface area (Å²) < 4.78 is 41.0. The zero-order chi connectivity index (χ0) is 21.0. The summed E-state index contributed by atoms with van der Waals surface area (Å²) in [7, 11) is 1.70. The average Bonchev–Trinajstić information content (AvgIpc) is 2.67. The van der Waals surface area contributed by atoms with Crippen molar-refractivity contribution < 1.29 is 17.9 Å². The van der Waals surface area contributed by atoms with E-state index in [0.717, 1.165) is 38.0 Å². The molecule has 1 rings (SSSR count). The van der Waals surface area contributed by atoms with Gasteiger partial charge in [-0.05, 0) is 45.0 Å². The van der Waals surface area contributed by atoms with Gasteiger partial charge in [-0.15, -0.1) is 0 Å². The van der Waals surface area contributed by atoms with Gasteiger partial charge < -0.3 is 20.3 Å². The van der Waals surface area contributed by atoms with Gasteiger partial charge in [-0.2, -0.15) is 13.2 Å². The predicted octanol–water partition coefficient (Wildman–Crippen LogP) is 3.20. The second kappa shape index (κ2) is 12.4. The monoisotopic (exact) mass is 403 g/mol. The molecule has 1 aromatic rings. The van der Waals surface area contributed by atoms with Crippen LogP contribution < -0.4 is 15.4 Å². The molecule has 0 fully saturated rings. The number of guanidine groups is 1. The summed E-state index contributed by atoms with van der Waals surface area (Å²) in [6.07, 6.45) is -0.748. The van der Waals surface area contributed by atoms with Gasteiger partial charge in [0, 0.05) is 31.9 Å². The van der Waals surface area contributed by atoms with Crippen LogP contribution >= 0.6 is 0 Å². The molecule has 2 N–H and O–H groups in total. The average molecular weight is 403 g/mol. The zero-order valence-electron chi connectivity index (χ0n) is 17.1. The van der Waals surface area contributed by atoms with E-state index in [1.54, 1.807) is 13.1 Å². The van der Waals surface area contributed by atoms with Crippen LogP contribution in [0.25, 0.3) is 0 Å². The third-order valence-corrected chi connectivity index (χ3v) is 4.25. The predicted molar refractivity (Wildman–Crippen MR) is 106 cm³/mol. The third kappa shape index (κ3) is 10.3. The molecule has 9 heteroatoms. The second-order valence-corrected chi connectivity index (χ2v) is 6.55. The Balaban J connectivity index is 2.37. The number of halogens is 3. The SMILES string of the molecule is CCN(CC)CCCC(C)NC(=NC)NCc1ccc(OCC(F)(F)F)nc1. The molecule has 0 aliphatic heterocycles. The maximum atomic E-state index is 12.1. The molecule has 0 aromatic carbocycles. The first-order chi connectivity index (χ1) is 13.3. The number of aromatic nitrogens is 1. The minimum Gasteiger partial charge on any atom is -0.468 e. The van der Waals surface area contributed by atoms with Crippen molar-refractivity contribution in [2.45, 2.75) is 52.4 Å². The summed E-state index contributed by atoms with van der Waals surface area (Å²) in [6, 6.07) is 3.37. The minimum absolute atomic E-state index is 0.0505. The van der Waals surface area contributed by atoms with Crippen LogP contribution in [0.3, 0.4) is 0 Å².